The fourth-order valence-corrected chi connectivity index (χ4v) is 2.48. The Bertz CT molecular complexity index is 768. The monoisotopic (exact) mass is 321 g/mol. The van der Waals surface area contributed by atoms with Crippen LogP contribution in [0.15, 0.2) is 28.2 Å². The first kappa shape index (κ1) is 15.4. The fourth-order valence-electron chi connectivity index (χ4n) is 1.89. The normalized spacial score (nSPS) is 10.2. The Hall–Kier alpha value is -1.97. The summed E-state index contributed by atoms with van der Waals surface area (Å²) < 4.78 is 5.21. The predicted octanol–water partition coefficient (Wildman–Crippen LogP) is 2.78. The highest BCUT2D eigenvalue weighted by atomic mass is 35.5. The summed E-state index contributed by atoms with van der Waals surface area (Å²) in [7, 11) is 1.56. The van der Waals surface area contributed by atoms with Gasteiger partial charge in [0.1, 0.15) is 17.4 Å². The number of hydrogen-bond acceptors (Lipinski definition) is 5. The second-order valence-electron chi connectivity index (χ2n) is 4.07. The maximum absolute atomic E-state index is 11.9. The van der Waals surface area contributed by atoms with E-state index < -0.39 is 5.56 Å². The molecule has 0 aliphatic rings. The zero-order valence-electron chi connectivity index (χ0n) is 11.4. The molecule has 0 fully saturated rings. The number of methoxy groups -OCH3 is 1. The van der Waals surface area contributed by atoms with Gasteiger partial charge in [0, 0.05) is 11.1 Å². The van der Waals surface area contributed by atoms with Crippen molar-refractivity contribution in [3.05, 3.63) is 39.7 Å². The number of aromatic amines is 1. The van der Waals surface area contributed by atoms with Crippen LogP contribution < -0.4 is 10.3 Å². The molecule has 1 heterocycles. The van der Waals surface area contributed by atoms with Crippen LogP contribution >= 0.6 is 23.4 Å². The Kier molecular flexibility index (Phi) is 4.89. The van der Waals surface area contributed by atoms with E-state index in [1.807, 2.05) is 6.07 Å². The van der Waals surface area contributed by atoms with E-state index in [1.54, 1.807) is 31.6 Å². The maximum atomic E-state index is 11.9. The number of aromatic nitrogens is 2. The Morgan fingerprint density at radius 3 is 2.86 bits per heavy atom. The van der Waals surface area contributed by atoms with E-state index in [1.165, 1.54) is 11.8 Å². The molecule has 2 aromatic rings. The minimum atomic E-state index is -0.449. The summed E-state index contributed by atoms with van der Waals surface area (Å²) in [5.74, 6) is 0.916. The first-order chi connectivity index (χ1) is 10.1. The number of H-pyrrole nitrogens is 1. The smallest absolute Gasteiger partial charge is 0.270 e. The van der Waals surface area contributed by atoms with Crippen molar-refractivity contribution in [3.8, 4) is 23.1 Å². The molecule has 108 valence electrons. The molecule has 1 N–H and O–H groups in total. The zero-order valence-corrected chi connectivity index (χ0v) is 13.0. The number of rotatable bonds is 4. The molecule has 0 amide bonds. The van der Waals surface area contributed by atoms with E-state index in [2.05, 4.69) is 9.97 Å². The standard InChI is InChI=1S/C14H12ClN3O2S/c1-20-11-4-3-8(5-9(11)6-15)12-10(7-16)13(19)18-14(17-12)21-2/h3-5H,6H2,1-2H3,(H,17,18,19). The minimum Gasteiger partial charge on any atom is -0.496 e. The molecule has 7 heteroatoms. The fraction of sp³-hybridized carbons (Fsp3) is 0.214. The summed E-state index contributed by atoms with van der Waals surface area (Å²) >= 11 is 7.20. The summed E-state index contributed by atoms with van der Waals surface area (Å²) in [6.45, 7) is 0. The average molecular weight is 322 g/mol. The molecule has 0 radical (unpaired) electrons. The van der Waals surface area contributed by atoms with Crippen molar-refractivity contribution in [2.75, 3.05) is 13.4 Å². The van der Waals surface area contributed by atoms with Crippen LogP contribution in [0.2, 0.25) is 0 Å². The largest absolute Gasteiger partial charge is 0.496 e. The lowest BCUT2D eigenvalue weighted by Gasteiger charge is -2.09. The van der Waals surface area contributed by atoms with Gasteiger partial charge in [0.15, 0.2) is 5.16 Å². The highest BCUT2D eigenvalue weighted by Crippen LogP contribution is 2.28. The number of nitrogens with zero attached hydrogens (tertiary/aromatic N) is 2. The van der Waals surface area contributed by atoms with Crippen LogP contribution in [0.1, 0.15) is 11.1 Å². The number of hydrogen-bond donors (Lipinski definition) is 1. The van der Waals surface area contributed by atoms with Crippen LogP contribution in [0.3, 0.4) is 0 Å². The number of halogens is 1. The van der Waals surface area contributed by atoms with Crippen LogP contribution in [0.5, 0.6) is 5.75 Å². The van der Waals surface area contributed by atoms with E-state index in [9.17, 15) is 10.1 Å². The van der Waals surface area contributed by atoms with Crippen molar-refractivity contribution in [2.45, 2.75) is 11.0 Å². The molecule has 5 nitrogen and oxygen atoms in total. The highest BCUT2D eigenvalue weighted by Gasteiger charge is 2.14. The van der Waals surface area contributed by atoms with Gasteiger partial charge in [0.2, 0.25) is 0 Å². The third kappa shape index (κ3) is 3.04. The average Bonchev–Trinajstić information content (AvgIpc) is 2.53. The molecule has 0 atom stereocenters. The van der Waals surface area contributed by atoms with Crippen molar-refractivity contribution in [3.63, 3.8) is 0 Å². The molecule has 0 saturated carbocycles. The van der Waals surface area contributed by atoms with Crippen molar-refractivity contribution >= 4 is 23.4 Å². The first-order valence-electron chi connectivity index (χ1n) is 5.96. The summed E-state index contributed by atoms with van der Waals surface area (Å²) in [5, 5.41) is 9.64. The third-order valence-electron chi connectivity index (χ3n) is 2.90. The van der Waals surface area contributed by atoms with E-state index in [0.29, 0.717) is 22.2 Å². The second kappa shape index (κ2) is 6.66. The van der Waals surface area contributed by atoms with Gasteiger partial charge in [-0.15, -0.1) is 11.6 Å². The van der Waals surface area contributed by atoms with Crippen LogP contribution in [-0.2, 0) is 5.88 Å². The lowest BCUT2D eigenvalue weighted by Crippen LogP contribution is -2.14. The lowest BCUT2D eigenvalue weighted by atomic mass is 10.0. The molecule has 2 rings (SSSR count). The van der Waals surface area contributed by atoms with Crippen LogP contribution in [0.4, 0.5) is 0 Å². The molecule has 0 spiro atoms. The summed E-state index contributed by atoms with van der Waals surface area (Å²) in [6.07, 6.45) is 1.80. The number of benzene rings is 1. The number of ether oxygens (including phenoxy) is 1. The van der Waals surface area contributed by atoms with Gasteiger partial charge >= 0.3 is 0 Å². The molecule has 1 aromatic carbocycles. The Morgan fingerprint density at radius 1 is 1.52 bits per heavy atom. The van der Waals surface area contributed by atoms with Crippen LogP contribution in [0, 0.1) is 11.3 Å². The van der Waals surface area contributed by atoms with Gasteiger partial charge in [-0.25, -0.2) is 4.98 Å². The number of nitrogens with one attached hydrogen (secondary N) is 1. The van der Waals surface area contributed by atoms with Gasteiger partial charge in [0.25, 0.3) is 5.56 Å². The van der Waals surface area contributed by atoms with Gasteiger partial charge in [-0.1, -0.05) is 11.8 Å². The van der Waals surface area contributed by atoms with Gasteiger partial charge in [-0.05, 0) is 24.5 Å². The topological polar surface area (TPSA) is 78.8 Å². The SMILES string of the molecule is COc1ccc(-c2nc(SC)[nH]c(=O)c2C#N)cc1CCl. The molecular formula is C14H12ClN3O2S. The van der Waals surface area contributed by atoms with Crippen LogP contribution in [-0.4, -0.2) is 23.3 Å². The van der Waals surface area contributed by atoms with E-state index in [4.69, 9.17) is 16.3 Å². The first-order valence-corrected chi connectivity index (χ1v) is 7.72. The van der Waals surface area contributed by atoms with Crippen molar-refractivity contribution < 1.29 is 4.74 Å². The zero-order chi connectivity index (χ0) is 15.4. The van der Waals surface area contributed by atoms with E-state index >= 15 is 0 Å². The summed E-state index contributed by atoms with van der Waals surface area (Å²) in [5.41, 5.74) is 1.31. The molecule has 0 aliphatic heterocycles. The third-order valence-corrected chi connectivity index (χ3v) is 3.77. The molecular weight excluding hydrogens is 310 g/mol. The number of nitriles is 1. The highest BCUT2D eigenvalue weighted by molar-refractivity contribution is 7.98. The summed E-state index contributed by atoms with van der Waals surface area (Å²) in [6, 6.07) is 7.17. The summed E-state index contributed by atoms with van der Waals surface area (Å²) in [4.78, 5) is 18.8. The van der Waals surface area contributed by atoms with Crippen molar-refractivity contribution in [2.24, 2.45) is 0 Å². The Morgan fingerprint density at radius 2 is 2.29 bits per heavy atom. The number of alkyl halides is 1. The Labute approximate surface area is 130 Å². The predicted molar refractivity (Wildman–Crippen MR) is 82.9 cm³/mol. The minimum absolute atomic E-state index is 0.0153. The van der Waals surface area contributed by atoms with Crippen LogP contribution in [0.25, 0.3) is 11.3 Å². The maximum Gasteiger partial charge on any atom is 0.270 e. The number of thioether (sulfide) groups is 1. The molecule has 1 aromatic heterocycles. The lowest BCUT2D eigenvalue weighted by molar-refractivity contribution is 0.411. The van der Waals surface area contributed by atoms with Gasteiger partial charge in [-0.3, -0.25) is 4.79 Å². The molecule has 0 saturated heterocycles. The second-order valence-corrected chi connectivity index (χ2v) is 5.13. The van der Waals surface area contributed by atoms with Gasteiger partial charge in [-0.2, -0.15) is 5.26 Å². The molecule has 0 aliphatic carbocycles. The Balaban J connectivity index is 2.69. The van der Waals surface area contributed by atoms with E-state index in [0.717, 1.165) is 5.56 Å². The van der Waals surface area contributed by atoms with E-state index in [-0.39, 0.29) is 11.4 Å². The molecule has 0 unspecified atom stereocenters. The van der Waals surface area contributed by atoms with Gasteiger partial charge < -0.3 is 9.72 Å². The quantitative estimate of drug-likeness (QED) is 0.532. The van der Waals surface area contributed by atoms with Crippen molar-refractivity contribution in [1.82, 2.24) is 9.97 Å². The molecule has 0 bridgehead atoms. The molecule has 21 heavy (non-hydrogen) atoms. The van der Waals surface area contributed by atoms with Gasteiger partial charge in [0.05, 0.1) is 18.7 Å². The van der Waals surface area contributed by atoms with Crippen molar-refractivity contribution in [1.29, 1.82) is 5.26 Å².